The van der Waals surface area contributed by atoms with Crippen LogP contribution in [0.15, 0.2) is 30.3 Å². The number of benzene rings is 1. The fourth-order valence-corrected chi connectivity index (χ4v) is 2.63. The smallest absolute Gasteiger partial charge is 0.224 e. The number of aromatic nitrogens is 2. The predicted octanol–water partition coefficient (Wildman–Crippen LogP) is 2.52. The minimum Gasteiger partial charge on any atom is -0.349 e. The number of amides is 1. The lowest BCUT2D eigenvalue weighted by Crippen LogP contribution is -2.35. The van der Waals surface area contributed by atoms with Crippen molar-refractivity contribution in [2.45, 2.75) is 33.7 Å². The Hall–Kier alpha value is -2.14. The molecular formula is C18H26N4O. The van der Waals surface area contributed by atoms with E-state index in [9.17, 15) is 4.79 Å². The topological polar surface area (TPSA) is 59.0 Å². The minimum absolute atomic E-state index is 0.0173. The number of aryl methyl sites for hydroxylation is 2. The molecule has 1 aromatic carbocycles. The highest BCUT2D eigenvalue weighted by atomic mass is 16.1. The largest absolute Gasteiger partial charge is 0.349 e. The summed E-state index contributed by atoms with van der Waals surface area (Å²) in [5.74, 6) is 0.0193. The monoisotopic (exact) mass is 314 g/mol. The van der Waals surface area contributed by atoms with E-state index in [-0.39, 0.29) is 17.9 Å². The van der Waals surface area contributed by atoms with Gasteiger partial charge < -0.3 is 10.6 Å². The molecule has 2 N–H and O–H groups in total. The molecular weight excluding hydrogens is 288 g/mol. The maximum Gasteiger partial charge on any atom is 0.224 e. The van der Waals surface area contributed by atoms with Crippen molar-refractivity contribution in [1.29, 1.82) is 0 Å². The van der Waals surface area contributed by atoms with E-state index in [2.05, 4.69) is 21.8 Å². The molecule has 0 spiro atoms. The minimum atomic E-state index is -0.0450. The molecule has 0 saturated heterocycles. The average Bonchev–Trinajstić information content (AvgIpc) is 2.86. The van der Waals surface area contributed by atoms with Crippen LogP contribution in [-0.2, 0) is 4.79 Å². The second-order valence-corrected chi connectivity index (χ2v) is 6.12. The molecule has 2 atom stereocenters. The molecule has 0 radical (unpaired) electrons. The number of nitrogens with zero attached hydrogens (tertiary/aromatic N) is 2. The van der Waals surface area contributed by atoms with Crippen LogP contribution in [0.2, 0.25) is 0 Å². The van der Waals surface area contributed by atoms with Gasteiger partial charge in [-0.3, -0.25) is 4.79 Å². The van der Waals surface area contributed by atoms with E-state index < -0.39 is 0 Å². The van der Waals surface area contributed by atoms with E-state index in [0.29, 0.717) is 6.54 Å². The Balaban J connectivity index is 2.07. The molecule has 5 nitrogen and oxygen atoms in total. The van der Waals surface area contributed by atoms with Crippen LogP contribution in [0, 0.1) is 19.8 Å². The Labute approximate surface area is 138 Å². The van der Waals surface area contributed by atoms with Crippen molar-refractivity contribution in [3.8, 4) is 5.69 Å². The van der Waals surface area contributed by atoms with Gasteiger partial charge in [-0.2, -0.15) is 5.10 Å². The molecule has 0 saturated carbocycles. The van der Waals surface area contributed by atoms with Gasteiger partial charge in [0.1, 0.15) is 0 Å². The third kappa shape index (κ3) is 4.20. The van der Waals surface area contributed by atoms with Gasteiger partial charge in [-0.1, -0.05) is 19.1 Å². The van der Waals surface area contributed by atoms with Crippen molar-refractivity contribution < 1.29 is 4.79 Å². The van der Waals surface area contributed by atoms with Crippen molar-refractivity contribution in [2.24, 2.45) is 5.92 Å². The first-order valence-electron chi connectivity index (χ1n) is 8.01. The van der Waals surface area contributed by atoms with Gasteiger partial charge >= 0.3 is 0 Å². The number of nitrogens with one attached hydrogen (secondary N) is 2. The van der Waals surface area contributed by atoms with Crippen LogP contribution in [0.4, 0.5) is 0 Å². The van der Waals surface area contributed by atoms with E-state index in [1.807, 2.05) is 63.7 Å². The lowest BCUT2D eigenvalue weighted by Gasteiger charge is -2.18. The summed E-state index contributed by atoms with van der Waals surface area (Å²) in [6, 6.07) is 10.2. The van der Waals surface area contributed by atoms with Gasteiger partial charge in [0, 0.05) is 18.2 Å². The van der Waals surface area contributed by atoms with E-state index in [1.54, 1.807) is 0 Å². The van der Waals surface area contributed by atoms with E-state index in [1.165, 1.54) is 0 Å². The van der Waals surface area contributed by atoms with Gasteiger partial charge in [-0.15, -0.1) is 0 Å². The third-order valence-electron chi connectivity index (χ3n) is 3.96. The van der Waals surface area contributed by atoms with Crippen LogP contribution in [-0.4, -0.2) is 29.3 Å². The normalized spacial score (nSPS) is 13.6. The molecule has 0 fully saturated rings. The van der Waals surface area contributed by atoms with Crippen molar-refractivity contribution >= 4 is 5.91 Å². The van der Waals surface area contributed by atoms with Crippen molar-refractivity contribution in [2.75, 3.05) is 13.6 Å². The number of carbonyl (C=O) groups is 1. The maximum absolute atomic E-state index is 12.1. The van der Waals surface area contributed by atoms with Crippen molar-refractivity contribution in [3.63, 3.8) is 0 Å². The molecule has 23 heavy (non-hydrogen) atoms. The molecule has 1 heterocycles. The van der Waals surface area contributed by atoms with Crippen LogP contribution >= 0.6 is 0 Å². The molecule has 1 amide bonds. The van der Waals surface area contributed by atoms with Crippen LogP contribution < -0.4 is 10.6 Å². The summed E-state index contributed by atoms with van der Waals surface area (Å²) in [6.07, 6.45) is 0. The second kappa shape index (κ2) is 7.42. The van der Waals surface area contributed by atoms with E-state index in [4.69, 9.17) is 0 Å². The standard InChI is InChI=1S/C18H26N4O/c1-12(11-19-5)18(23)20-15(4)16-6-8-17(9-7-16)22-14(3)10-13(2)21-22/h6-10,12,15,19H,11H2,1-5H3,(H,20,23). The summed E-state index contributed by atoms with van der Waals surface area (Å²) >= 11 is 0. The SMILES string of the molecule is CNCC(C)C(=O)NC(C)c1ccc(-n2nc(C)cc2C)cc1. The molecule has 0 aliphatic carbocycles. The predicted molar refractivity (Wildman–Crippen MR) is 92.7 cm³/mol. The molecule has 0 aliphatic heterocycles. The van der Waals surface area contributed by atoms with Crippen molar-refractivity contribution in [1.82, 2.24) is 20.4 Å². The number of carbonyl (C=O) groups excluding carboxylic acids is 1. The number of rotatable bonds is 6. The average molecular weight is 314 g/mol. The van der Waals surface area contributed by atoms with Crippen molar-refractivity contribution in [3.05, 3.63) is 47.3 Å². The number of hydrogen-bond acceptors (Lipinski definition) is 3. The van der Waals surface area contributed by atoms with E-state index >= 15 is 0 Å². The second-order valence-electron chi connectivity index (χ2n) is 6.12. The Kier molecular flexibility index (Phi) is 5.55. The Bertz CT molecular complexity index is 660. The first-order chi connectivity index (χ1) is 10.9. The van der Waals surface area contributed by atoms with Crippen LogP contribution in [0.5, 0.6) is 0 Å². The highest BCUT2D eigenvalue weighted by Gasteiger charge is 2.15. The van der Waals surface area contributed by atoms with Gasteiger partial charge in [0.05, 0.1) is 17.4 Å². The molecule has 2 rings (SSSR count). The quantitative estimate of drug-likeness (QED) is 0.861. The summed E-state index contributed by atoms with van der Waals surface area (Å²) in [4.78, 5) is 12.1. The van der Waals surface area contributed by atoms with Gasteiger partial charge in [-0.25, -0.2) is 4.68 Å². The highest BCUT2D eigenvalue weighted by Crippen LogP contribution is 2.17. The van der Waals surface area contributed by atoms with Crippen LogP contribution in [0.3, 0.4) is 0 Å². The van der Waals surface area contributed by atoms with Crippen LogP contribution in [0.25, 0.3) is 5.69 Å². The Morgan fingerprint density at radius 1 is 1.22 bits per heavy atom. The van der Waals surface area contributed by atoms with E-state index in [0.717, 1.165) is 22.6 Å². The van der Waals surface area contributed by atoms with Gasteiger partial charge in [0.15, 0.2) is 0 Å². The molecule has 124 valence electrons. The lowest BCUT2D eigenvalue weighted by molar-refractivity contribution is -0.125. The van der Waals surface area contributed by atoms with Gasteiger partial charge in [-0.05, 0) is 51.6 Å². The zero-order chi connectivity index (χ0) is 17.0. The van der Waals surface area contributed by atoms with Gasteiger partial charge in [0.25, 0.3) is 0 Å². The molecule has 0 aliphatic rings. The Morgan fingerprint density at radius 3 is 2.39 bits per heavy atom. The fraction of sp³-hybridized carbons (Fsp3) is 0.444. The molecule has 0 bridgehead atoms. The highest BCUT2D eigenvalue weighted by molar-refractivity contribution is 5.78. The maximum atomic E-state index is 12.1. The summed E-state index contributed by atoms with van der Waals surface area (Å²) in [7, 11) is 1.85. The molecule has 2 unspecified atom stereocenters. The first kappa shape index (κ1) is 17.2. The summed E-state index contributed by atoms with van der Waals surface area (Å²) in [5.41, 5.74) is 4.23. The summed E-state index contributed by atoms with van der Waals surface area (Å²) in [6.45, 7) is 8.63. The lowest BCUT2D eigenvalue weighted by atomic mass is 10.1. The fourth-order valence-electron chi connectivity index (χ4n) is 2.63. The zero-order valence-electron chi connectivity index (χ0n) is 14.6. The molecule has 5 heteroatoms. The third-order valence-corrected chi connectivity index (χ3v) is 3.96. The Morgan fingerprint density at radius 2 is 1.87 bits per heavy atom. The summed E-state index contributed by atoms with van der Waals surface area (Å²) in [5, 5.41) is 10.6. The zero-order valence-corrected chi connectivity index (χ0v) is 14.6. The molecule has 1 aromatic heterocycles. The molecule has 2 aromatic rings. The summed E-state index contributed by atoms with van der Waals surface area (Å²) < 4.78 is 1.93. The number of hydrogen-bond donors (Lipinski definition) is 2. The first-order valence-corrected chi connectivity index (χ1v) is 8.01. The van der Waals surface area contributed by atoms with Gasteiger partial charge in [0.2, 0.25) is 5.91 Å². The van der Waals surface area contributed by atoms with Crippen LogP contribution in [0.1, 0.15) is 36.8 Å².